The van der Waals surface area contributed by atoms with Gasteiger partial charge in [0.05, 0.1) is 6.54 Å². The van der Waals surface area contributed by atoms with E-state index in [1.54, 1.807) is 11.3 Å². The van der Waals surface area contributed by atoms with E-state index in [-0.39, 0.29) is 12.0 Å². The number of carbonyl (C=O) groups is 1. The van der Waals surface area contributed by atoms with Crippen LogP contribution in [0.5, 0.6) is 5.75 Å². The van der Waals surface area contributed by atoms with Crippen molar-refractivity contribution in [1.82, 2.24) is 10.2 Å². The van der Waals surface area contributed by atoms with Gasteiger partial charge >= 0.3 is 0 Å². The Kier molecular flexibility index (Phi) is 7.44. The Bertz CT molecular complexity index is 907. The molecule has 1 unspecified atom stereocenters. The molecule has 0 radical (unpaired) electrons. The van der Waals surface area contributed by atoms with Crippen LogP contribution in [0, 0.1) is 6.92 Å². The molecule has 0 saturated heterocycles. The maximum atomic E-state index is 12.2. The Balaban J connectivity index is 1.48. The van der Waals surface area contributed by atoms with Crippen molar-refractivity contribution >= 4 is 17.2 Å². The number of nitrogens with zero attached hydrogens (tertiary/aromatic N) is 1. The van der Waals surface area contributed by atoms with E-state index < -0.39 is 0 Å². The summed E-state index contributed by atoms with van der Waals surface area (Å²) in [6.45, 7) is 6.20. The zero-order valence-electron chi connectivity index (χ0n) is 17.2. The standard InChI is InChI=1S/C24H28N2O2S/c1-18-7-9-22(10-8-18)24(27)25-14-19(2)28-23-6-4-5-20(13-23)15-26(3)16-21-11-12-29-17-21/h4-13,17,19H,14-16H2,1-3H3,(H,25,27). The molecule has 0 aliphatic heterocycles. The Labute approximate surface area is 177 Å². The number of benzene rings is 2. The molecule has 5 heteroatoms. The van der Waals surface area contributed by atoms with E-state index in [4.69, 9.17) is 4.74 Å². The molecule has 1 amide bonds. The second-order valence-corrected chi connectivity index (χ2v) is 8.24. The summed E-state index contributed by atoms with van der Waals surface area (Å²) in [5.41, 5.74) is 4.34. The monoisotopic (exact) mass is 408 g/mol. The van der Waals surface area contributed by atoms with Gasteiger partial charge in [0, 0.05) is 18.7 Å². The molecule has 1 atom stereocenters. The molecule has 0 aliphatic carbocycles. The SMILES string of the molecule is Cc1ccc(C(=O)NCC(C)Oc2cccc(CN(C)Cc3ccsc3)c2)cc1. The molecule has 3 rings (SSSR count). The van der Waals surface area contributed by atoms with Crippen LogP contribution in [0.1, 0.15) is 34.0 Å². The number of thiophene rings is 1. The molecular formula is C24H28N2O2S. The average Bonchev–Trinajstić information content (AvgIpc) is 3.20. The maximum absolute atomic E-state index is 12.2. The second kappa shape index (κ2) is 10.2. The van der Waals surface area contributed by atoms with Crippen LogP contribution in [-0.2, 0) is 13.1 Å². The molecule has 0 saturated carbocycles. The van der Waals surface area contributed by atoms with Gasteiger partial charge in [-0.2, -0.15) is 11.3 Å². The lowest BCUT2D eigenvalue weighted by molar-refractivity contribution is 0.0932. The van der Waals surface area contributed by atoms with Gasteiger partial charge in [-0.3, -0.25) is 9.69 Å². The number of rotatable bonds is 9. The van der Waals surface area contributed by atoms with Gasteiger partial charge in [-0.25, -0.2) is 0 Å². The van der Waals surface area contributed by atoms with Crippen LogP contribution in [0.3, 0.4) is 0 Å². The lowest BCUT2D eigenvalue weighted by Gasteiger charge is -2.18. The normalized spacial score (nSPS) is 12.0. The lowest BCUT2D eigenvalue weighted by atomic mass is 10.1. The van der Waals surface area contributed by atoms with Crippen molar-refractivity contribution in [3.05, 3.63) is 87.6 Å². The van der Waals surface area contributed by atoms with Crippen LogP contribution in [-0.4, -0.2) is 30.5 Å². The number of ether oxygens (including phenoxy) is 1. The smallest absolute Gasteiger partial charge is 0.251 e. The number of amides is 1. The third kappa shape index (κ3) is 6.73. The molecule has 1 N–H and O–H groups in total. The van der Waals surface area contributed by atoms with E-state index in [0.29, 0.717) is 12.1 Å². The number of aryl methyl sites for hydroxylation is 1. The highest BCUT2D eigenvalue weighted by Gasteiger charge is 2.10. The van der Waals surface area contributed by atoms with Gasteiger partial charge < -0.3 is 10.1 Å². The first kappa shape index (κ1) is 21.1. The summed E-state index contributed by atoms with van der Waals surface area (Å²) in [6, 6.07) is 17.9. The summed E-state index contributed by atoms with van der Waals surface area (Å²) in [4.78, 5) is 14.5. The van der Waals surface area contributed by atoms with E-state index >= 15 is 0 Å². The van der Waals surface area contributed by atoms with E-state index in [2.05, 4.69) is 46.2 Å². The Morgan fingerprint density at radius 2 is 1.86 bits per heavy atom. The van der Waals surface area contributed by atoms with Gasteiger partial charge in [0.25, 0.3) is 5.91 Å². The number of hydrogen-bond donors (Lipinski definition) is 1. The molecular weight excluding hydrogens is 380 g/mol. The van der Waals surface area contributed by atoms with E-state index in [1.165, 1.54) is 11.1 Å². The summed E-state index contributed by atoms with van der Waals surface area (Å²) in [5.74, 6) is 0.743. The van der Waals surface area contributed by atoms with Gasteiger partial charge in [0.15, 0.2) is 0 Å². The van der Waals surface area contributed by atoms with Crippen molar-refractivity contribution in [3.8, 4) is 5.75 Å². The fourth-order valence-electron chi connectivity index (χ4n) is 3.10. The highest BCUT2D eigenvalue weighted by molar-refractivity contribution is 7.07. The number of hydrogen-bond acceptors (Lipinski definition) is 4. The number of carbonyl (C=O) groups excluding carboxylic acids is 1. The molecule has 0 spiro atoms. The van der Waals surface area contributed by atoms with Crippen LogP contribution in [0.4, 0.5) is 0 Å². The van der Waals surface area contributed by atoms with Crippen LogP contribution in [0.15, 0.2) is 65.4 Å². The van der Waals surface area contributed by atoms with Crippen molar-refractivity contribution < 1.29 is 9.53 Å². The van der Waals surface area contributed by atoms with E-state index in [1.807, 2.05) is 50.2 Å². The molecule has 0 fully saturated rings. The summed E-state index contributed by atoms with van der Waals surface area (Å²) in [5, 5.41) is 7.23. The van der Waals surface area contributed by atoms with Gasteiger partial charge in [0.2, 0.25) is 0 Å². The summed E-state index contributed by atoms with van der Waals surface area (Å²) in [6.07, 6.45) is -0.122. The van der Waals surface area contributed by atoms with Gasteiger partial charge in [-0.1, -0.05) is 29.8 Å². The first-order valence-electron chi connectivity index (χ1n) is 9.79. The Morgan fingerprint density at radius 3 is 2.59 bits per heavy atom. The summed E-state index contributed by atoms with van der Waals surface area (Å²) in [7, 11) is 2.12. The fraction of sp³-hybridized carbons (Fsp3) is 0.292. The second-order valence-electron chi connectivity index (χ2n) is 7.46. The molecule has 152 valence electrons. The topological polar surface area (TPSA) is 41.6 Å². The minimum Gasteiger partial charge on any atom is -0.489 e. The lowest BCUT2D eigenvalue weighted by Crippen LogP contribution is -2.33. The van der Waals surface area contributed by atoms with Gasteiger partial charge in [0.1, 0.15) is 11.9 Å². The molecule has 0 bridgehead atoms. The number of nitrogens with one attached hydrogen (secondary N) is 1. The van der Waals surface area contributed by atoms with Crippen molar-refractivity contribution in [1.29, 1.82) is 0 Å². The molecule has 3 aromatic rings. The molecule has 4 nitrogen and oxygen atoms in total. The molecule has 1 heterocycles. The third-order valence-electron chi connectivity index (χ3n) is 4.58. The minimum atomic E-state index is -0.122. The molecule has 0 aliphatic rings. The van der Waals surface area contributed by atoms with E-state index in [9.17, 15) is 4.79 Å². The molecule has 2 aromatic carbocycles. The van der Waals surface area contributed by atoms with Crippen LogP contribution in [0.25, 0.3) is 0 Å². The highest BCUT2D eigenvalue weighted by atomic mass is 32.1. The van der Waals surface area contributed by atoms with E-state index in [0.717, 1.165) is 24.4 Å². The van der Waals surface area contributed by atoms with Crippen LogP contribution < -0.4 is 10.1 Å². The van der Waals surface area contributed by atoms with Crippen molar-refractivity contribution in [2.45, 2.75) is 33.0 Å². The molecule has 1 aromatic heterocycles. The summed E-state index contributed by atoms with van der Waals surface area (Å²) >= 11 is 1.73. The fourth-order valence-corrected chi connectivity index (χ4v) is 3.76. The zero-order chi connectivity index (χ0) is 20.6. The quantitative estimate of drug-likeness (QED) is 0.548. The van der Waals surface area contributed by atoms with Crippen molar-refractivity contribution in [3.63, 3.8) is 0 Å². The largest absolute Gasteiger partial charge is 0.489 e. The highest BCUT2D eigenvalue weighted by Crippen LogP contribution is 2.17. The van der Waals surface area contributed by atoms with Gasteiger partial charge in [-0.05, 0) is 73.1 Å². The predicted octanol–water partition coefficient (Wildman–Crippen LogP) is 4.89. The Morgan fingerprint density at radius 1 is 1.10 bits per heavy atom. The Hall–Kier alpha value is -2.63. The average molecular weight is 409 g/mol. The first-order chi connectivity index (χ1) is 14.0. The third-order valence-corrected chi connectivity index (χ3v) is 5.32. The van der Waals surface area contributed by atoms with Crippen molar-refractivity contribution in [2.24, 2.45) is 0 Å². The predicted molar refractivity (Wildman–Crippen MR) is 120 cm³/mol. The van der Waals surface area contributed by atoms with Crippen LogP contribution >= 0.6 is 11.3 Å². The maximum Gasteiger partial charge on any atom is 0.251 e. The first-order valence-corrected chi connectivity index (χ1v) is 10.7. The zero-order valence-corrected chi connectivity index (χ0v) is 18.0. The summed E-state index contributed by atoms with van der Waals surface area (Å²) < 4.78 is 6.02. The van der Waals surface area contributed by atoms with Crippen LogP contribution in [0.2, 0.25) is 0 Å². The van der Waals surface area contributed by atoms with Gasteiger partial charge in [-0.15, -0.1) is 0 Å². The molecule has 29 heavy (non-hydrogen) atoms. The minimum absolute atomic E-state index is 0.0794. The van der Waals surface area contributed by atoms with Crippen molar-refractivity contribution in [2.75, 3.05) is 13.6 Å².